The van der Waals surface area contributed by atoms with Crippen molar-refractivity contribution in [2.24, 2.45) is 11.7 Å². The third kappa shape index (κ3) is 2.36. The van der Waals surface area contributed by atoms with Gasteiger partial charge in [-0.1, -0.05) is 12.1 Å². The van der Waals surface area contributed by atoms with Crippen LogP contribution in [0.25, 0.3) is 0 Å². The minimum atomic E-state index is -0.0385. The van der Waals surface area contributed by atoms with Crippen LogP contribution < -0.4 is 10.5 Å². The molecule has 0 saturated heterocycles. The van der Waals surface area contributed by atoms with Crippen molar-refractivity contribution in [2.45, 2.75) is 25.0 Å². The van der Waals surface area contributed by atoms with Crippen molar-refractivity contribution in [2.75, 3.05) is 14.2 Å². The number of ether oxygens (including phenoxy) is 2. The van der Waals surface area contributed by atoms with Gasteiger partial charge in [0.15, 0.2) is 0 Å². The van der Waals surface area contributed by atoms with Gasteiger partial charge in [0.1, 0.15) is 5.75 Å². The third-order valence-electron chi connectivity index (χ3n) is 3.21. The lowest BCUT2D eigenvalue weighted by molar-refractivity contribution is 0.0624. The summed E-state index contributed by atoms with van der Waals surface area (Å²) in [5.74, 6) is 1.50. The van der Waals surface area contributed by atoms with Crippen LogP contribution in [0.1, 0.15) is 24.4 Å². The van der Waals surface area contributed by atoms with Crippen LogP contribution >= 0.6 is 0 Å². The first-order chi connectivity index (χ1) is 7.76. The summed E-state index contributed by atoms with van der Waals surface area (Å²) in [5, 5.41) is 0. The molecule has 0 aromatic heterocycles. The monoisotopic (exact) mass is 221 g/mol. The molecule has 1 saturated carbocycles. The second-order valence-electron chi connectivity index (χ2n) is 4.34. The standard InChI is InChI=1S/C13H19NO2/c1-15-11-7-5-9(6-8-11)12(14)13(16-2)10-3-4-10/h5-8,10,12-13H,3-4,14H2,1-2H3. The largest absolute Gasteiger partial charge is 0.497 e. The van der Waals surface area contributed by atoms with Gasteiger partial charge in [-0.25, -0.2) is 0 Å². The Bertz CT molecular complexity index is 332. The molecule has 0 aliphatic heterocycles. The molecule has 0 bridgehead atoms. The highest BCUT2D eigenvalue weighted by atomic mass is 16.5. The smallest absolute Gasteiger partial charge is 0.118 e. The van der Waals surface area contributed by atoms with Crippen LogP contribution in [-0.4, -0.2) is 20.3 Å². The molecule has 2 rings (SSSR count). The number of methoxy groups -OCH3 is 2. The third-order valence-corrected chi connectivity index (χ3v) is 3.21. The Morgan fingerprint density at radius 3 is 2.25 bits per heavy atom. The second-order valence-corrected chi connectivity index (χ2v) is 4.34. The van der Waals surface area contributed by atoms with Crippen LogP contribution in [0.3, 0.4) is 0 Å². The minimum absolute atomic E-state index is 0.0385. The molecule has 2 N–H and O–H groups in total. The Hall–Kier alpha value is -1.06. The van der Waals surface area contributed by atoms with Crippen LogP contribution in [0, 0.1) is 5.92 Å². The lowest BCUT2D eigenvalue weighted by atomic mass is 9.99. The molecule has 2 unspecified atom stereocenters. The Balaban J connectivity index is 2.09. The van der Waals surface area contributed by atoms with E-state index in [2.05, 4.69) is 0 Å². The van der Waals surface area contributed by atoms with Crippen molar-refractivity contribution in [3.05, 3.63) is 29.8 Å². The SMILES string of the molecule is COc1ccc(C(N)C(OC)C2CC2)cc1. The summed E-state index contributed by atoms with van der Waals surface area (Å²) in [6.07, 6.45) is 2.62. The van der Waals surface area contributed by atoms with Gasteiger partial charge in [-0.3, -0.25) is 0 Å². The number of hydrogen-bond donors (Lipinski definition) is 1. The average Bonchev–Trinajstić information content (AvgIpc) is 3.14. The molecule has 2 atom stereocenters. The van der Waals surface area contributed by atoms with Crippen molar-refractivity contribution >= 4 is 0 Å². The van der Waals surface area contributed by atoms with Crippen LogP contribution in [0.4, 0.5) is 0 Å². The summed E-state index contributed by atoms with van der Waals surface area (Å²) in [6, 6.07) is 7.86. The quantitative estimate of drug-likeness (QED) is 0.828. The second kappa shape index (κ2) is 4.85. The molecule has 1 aliphatic carbocycles. The van der Waals surface area contributed by atoms with E-state index in [1.807, 2.05) is 24.3 Å². The maximum Gasteiger partial charge on any atom is 0.118 e. The van der Waals surface area contributed by atoms with E-state index in [0.29, 0.717) is 5.92 Å². The zero-order valence-electron chi connectivity index (χ0n) is 9.85. The molecule has 0 radical (unpaired) electrons. The van der Waals surface area contributed by atoms with E-state index in [1.165, 1.54) is 12.8 Å². The van der Waals surface area contributed by atoms with Crippen molar-refractivity contribution in [3.63, 3.8) is 0 Å². The maximum absolute atomic E-state index is 6.22. The Kier molecular flexibility index (Phi) is 3.46. The van der Waals surface area contributed by atoms with E-state index < -0.39 is 0 Å². The van der Waals surface area contributed by atoms with Gasteiger partial charge in [-0.05, 0) is 36.5 Å². The molecule has 1 fully saturated rings. The van der Waals surface area contributed by atoms with E-state index in [4.69, 9.17) is 15.2 Å². The fourth-order valence-corrected chi connectivity index (χ4v) is 2.07. The molecule has 3 heteroatoms. The lowest BCUT2D eigenvalue weighted by Crippen LogP contribution is -2.29. The Morgan fingerprint density at radius 2 is 1.81 bits per heavy atom. The van der Waals surface area contributed by atoms with Crippen LogP contribution in [-0.2, 0) is 4.74 Å². The summed E-state index contributed by atoms with van der Waals surface area (Å²) >= 11 is 0. The molecular weight excluding hydrogens is 202 g/mol. The lowest BCUT2D eigenvalue weighted by Gasteiger charge is -2.22. The van der Waals surface area contributed by atoms with Gasteiger partial charge in [0.2, 0.25) is 0 Å². The van der Waals surface area contributed by atoms with E-state index >= 15 is 0 Å². The molecule has 0 amide bonds. The van der Waals surface area contributed by atoms with Gasteiger partial charge in [0, 0.05) is 7.11 Å². The summed E-state index contributed by atoms with van der Waals surface area (Å²) in [5.41, 5.74) is 7.33. The zero-order valence-corrected chi connectivity index (χ0v) is 9.85. The first-order valence-corrected chi connectivity index (χ1v) is 5.68. The van der Waals surface area contributed by atoms with Crippen LogP contribution in [0.5, 0.6) is 5.75 Å². The zero-order chi connectivity index (χ0) is 11.5. The summed E-state index contributed by atoms with van der Waals surface area (Å²) < 4.78 is 10.6. The van der Waals surface area contributed by atoms with E-state index in [9.17, 15) is 0 Å². The van der Waals surface area contributed by atoms with Gasteiger partial charge in [0.05, 0.1) is 19.3 Å². The maximum atomic E-state index is 6.22. The predicted molar refractivity (Wildman–Crippen MR) is 63.4 cm³/mol. The minimum Gasteiger partial charge on any atom is -0.497 e. The molecule has 1 aromatic carbocycles. The Labute approximate surface area is 96.5 Å². The molecular formula is C13H19NO2. The predicted octanol–water partition coefficient (Wildman–Crippen LogP) is 2.12. The van der Waals surface area contributed by atoms with Crippen molar-refractivity contribution in [3.8, 4) is 5.75 Å². The van der Waals surface area contributed by atoms with E-state index in [0.717, 1.165) is 11.3 Å². The number of hydrogen-bond acceptors (Lipinski definition) is 3. The fraction of sp³-hybridized carbons (Fsp3) is 0.538. The summed E-state index contributed by atoms with van der Waals surface area (Å²) in [6.45, 7) is 0. The number of nitrogens with two attached hydrogens (primary N) is 1. The first-order valence-electron chi connectivity index (χ1n) is 5.68. The highest BCUT2D eigenvalue weighted by Gasteiger charge is 2.35. The molecule has 88 valence electrons. The van der Waals surface area contributed by atoms with E-state index in [-0.39, 0.29) is 12.1 Å². The topological polar surface area (TPSA) is 44.5 Å². The van der Waals surface area contributed by atoms with Gasteiger partial charge in [-0.15, -0.1) is 0 Å². The van der Waals surface area contributed by atoms with E-state index in [1.54, 1.807) is 14.2 Å². The van der Waals surface area contributed by atoms with Crippen molar-refractivity contribution < 1.29 is 9.47 Å². The van der Waals surface area contributed by atoms with Crippen molar-refractivity contribution in [1.82, 2.24) is 0 Å². The Morgan fingerprint density at radius 1 is 1.19 bits per heavy atom. The van der Waals surface area contributed by atoms with Crippen LogP contribution in [0.2, 0.25) is 0 Å². The highest BCUT2D eigenvalue weighted by molar-refractivity contribution is 5.29. The molecule has 0 spiro atoms. The average molecular weight is 221 g/mol. The van der Waals surface area contributed by atoms with Gasteiger partial charge in [-0.2, -0.15) is 0 Å². The number of rotatable bonds is 5. The molecule has 1 aromatic rings. The molecule has 0 heterocycles. The van der Waals surface area contributed by atoms with Crippen molar-refractivity contribution in [1.29, 1.82) is 0 Å². The molecule has 1 aliphatic rings. The fourth-order valence-electron chi connectivity index (χ4n) is 2.07. The summed E-state index contributed by atoms with van der Waals surface area (Å²) in [7, 11) is 3.41. The van der Waals surface area contributed by atoms with Gasteiger partial charge >= 0.3 is 0 Å². The first kappa shape index (κ1) is 11.4. The van der Waals surface area contributed by atoms with Gasteiger partial charge in [0.25, 0.3) is 0 Å². The van der Waals surface area contributed by atoms with Gasteiger partial charge < -0.3 is 15.2 Å². The highest BCUT2D eigenvalue weighted by Crippen LogP contribution is 2.39. The molecule has 3 nitrogen and oxygen atoms in total. The van der Waals surface area contributed by atoms with Crippen LogP contribution in [0.15, 0.2) is 24.3 Å². The summed E-state index contributed by atoms with van der Waals surface area (Å²) in [4.78, 5) is 0. The normalized spacial score (nSPS) is 19.2. The molecule has 16 heavy (non-hydrogen) atoms. The number of benzene rings is 1.